The van der Waals surface area contributed by atoms with Crippen molar-refractivity contribution in [2.75, 3.05) is 0 Å². The van der Waals surface area contributed by atoms with Gasteiger partial charge in [-0.1, -0.05) is 24.3 Å². The molecule has 0 unspecified atom stereocenters. The number of rotatable bonds is 4. The van der Waals surface area contributed by atoms with Gasteiger partial charge in [-0.25, -0.2) is 9.78 Å². The molecule has 1 N–H and O–H groups in total. The molecule has 0 aliphatic carbocycles. The van der Waals surface area contributed by atoms with Crippen LogP contribution in [0.1, 0.15) is 21.7 Å². The Morgan fingerprint density at radius 3 is 2.72 bits per heavy atom. The Morgan fingerprint density at radius 1 is 1.22 bits per heavy atom. The van der Waals surface area contributed by atoms with Crippen LogP contribution in [0.4, 0.5) is 0 Å². The predicted octanol–water partition coefficient (Wildman–Crippen LogP) is 3.38. The molecule has 1 aromatic carbocycles. The number of hydrogen-bond donors (Lipinski definition) is 1. The highest BCUT2D eigenvalue weighted by Crippen LogP contribution is 2.24. The van der Waals surface area contributed by atoms with Crippen molar-refractivity contribution < 1.29 is 9.90 Å². The van der Waals surface area contributed by atoms with Gasteiger partial charge in [0.1, 0.15) is 5.69 Å². The van der Waals surface area contributed by atoms with Crippen LogP contribution in [0.5, 0.6) is 0 Å². The van der Waals surface area contributed by atoms with Crippen LogP contribution >= 0.6 is 11.8 Å². The minimum absolute atomic E-state index is 0.0953. The lowest BCUT2D eigenvalue weighted by Gasteiger charge is -2.05. The van der Waals surface area contributed by atoms with Gasteiger partial charge in [-0.2, -0.15) is 0 Å². The molecule has 0 fully saturated rings. The standard InChI is InChI=1S/C14H13NO2S/c1-10-5-2-3-8-13(10)18-9-11-6-4-7-12(15-11)14(16)17/h2-8H,9H2,1H3,(H,16,17). The largest absolute Gasteiger partial charge is 0.477 e. The van der Waals surface area contributed by atoms with Crippen molar-refractivity contribution in [3.8, 4) is 0 Å². The van der Waals surface area contributed by atoms with E-state index in [0.717, 1.165) is 5.69 Å². The number of carbonyl (C=O) groups is 1. The number of aromatic carboxylic acids is 1. The summed E-state index contributed by atoms with van der Waals surface area (Å²) in [5.41, 5.74) is 2.10. The van der Waals surface area contributed by atoms with Gasteiger partial charge in [0.2, 0.25) is 0 Å². The number of carboxylic acids is 1. The highest BCUT2D eigenvalue weighted by atomic mass is 32.2. The maximum absolute atomic E-state index is 10.8. The molecule has 1 heterocycles. The average Bonchev–Trinajstić information content (AvgIpc) is 2.38. The monoisotopic (exact) mass is 259 g/mol. The van der Waals surface area contributed by atoms with Gasteiger partial charge < -0.3 is 5.11 Å². The smallest absolute Gasteiger partial charge is 0.354 e. The summed E-state index contributed by atoms with van der Waals surface area (Å²) >= 11 is 1.67. The minimum Gasteiger partial charge on any atom is -0.477 e. The van der Waals surface area contributed by atoms with Crippen LogP contribution in [-0.4, -0.2) is 16.1 Å². The molecule has 0 radical (unpaired) electrons. The quantitative estimate of drug-likeness (QED) is 0.855. The van der Waals surface area contributed by atoms with Gasteiger partial charge in [0.25, 0.3) is 0 Å². The number of aromatic nitrogens is 1. The summed E-state index contributed by atoms with van der Waals surface area (Å²) in [6.07, 6.45) is 0. The molecule has 0 amide bonds. The summed E-state index contributed by atoms with van der Waals surface area (Å²) in [5.74, 6) is -0.316. The molecule has 0 spiro atoms. The number of benzene rings is 1. The highest BCUT2D eigenvalue weighted by Gasteiger charge is 2.06. The van der Waals surface area contributed by atoms with E-state index in [1.165, 1.54) is 16.5 Å². The zero-order valence-electron chi connectivity index (χ0n) is 9.96. The van der Waals surface area contributed by atoms with E-state index >= 15 is 0 Å². The molecule has 0 bridgehead atoms. The second-order valence-electron chi connectivity index (χ2n) is 3.87. The highest BCUT2D eigenvalue weighted by molar-refractivity contribution is 7.98. The van der Waals surface area contributed by atoms with Crippen LogP contribution in [0, 0.1) is 6.92 Å². The van der Waals surface area contributed by atoms with Crippen LogP contribution in [0.25, 0.3) is 0 Å². The number of pyridine rings is 1. The van der Waals surface area contributed by atoms with Crippen molar-refractivity contribution in [3.05, 3.63) is 59.4 Å². The van der Waals surface area contributed by atoms with Crippen molar-refractivity contribution >= 4 is 17.7 Å². The van der Waals surface area contributed by atoms with Crippen LogP contribution in [-0.2, 0) is 5.75 Å². The van der Waals surface area contributed by atoms with E-state index in [9.17, 15) is 4.79 Å². The van der Waals surface area contributed by atoms with Crippen molar-refractivity contribution in [2.45, 2.75) is 17.6 Å². The maximum Gasteiger partial charge on any atom is 0.354 e. The van der Waals surface area contributed by atoms with Crippen LogP contribution in [0.3, 0.4) is 0 Å². The van der Waals surface area contributed by atoms with Gasteiger partial charge in [0, 0.05) is 10.6 Å². The normalized spacial score (nSPS) is 10.3. The molecule has 4 heteroatoms. The molecule has 92 valence electrons. The SMILES string of the molecule is Cc1ccccc1SCc1cccc(C(=O)O)n1. The van der Waals surface area contributed by atoms with E-state index in [2.05, 4.69) is 24.0 Å². The van der Waals surface area contributed by atoms with E-state index in [-0.39, 0.29) is 5.69 Å². The van der Waals surface area contributed by atoms with Gasteiger partial charge in [-0.3, -0.25) is 0 Å². The molecule has 0 saturated heterocycles. The van der Waals surface area contributed by atoms with Gasteiger partial charge in [0.05, 0.1) is 5.69 Å². The molecule has 2 rings (SSSR count). The summed E-state index contributed by atoms with van der Waals surface area (Å²) in [5, 5.41) is 8.87. The molecule has 2 aromatic rings. The van der Waals surface area contributed by atoms with Gasteiger partial charge in [0.15, 0.2) is 0 Å². The first-order valence-corrected chi connectivity index (χ1v) is 6.53. The average molecular weight is 259 g/mol. The Hall–Kier alpha value is -1.81. The van der Waals surface area contributed by atoms with Crippen molar-refractivity contribution in [1.29, 1.82) is 0 Å². The Kier molecular flexibility index (Phi) is 3.99. The number of carboxylic acid groups (broad SMARTS) is 1. The summed E-state index contributed by atoms with van der Waals surface area (Å²) in [7, 11) is 0. The molecule has 1 aromatic heterocycles. The predicted molar refractivity (Wildman–Crippen MR) is 71.9 cm³/mol. The molecular formula is C14H13NO2S. The fourth-order valence-electron chi connectivity index (χ4n) is 1.55. The van der Waals surface area contributed by atoms with Crippen molar-refractivity contribution in [3.63, 3.8) is 0 Å². The number of nitrogens with zero attached hydrogens (tertiary/aromatic N) is 1. The first-order chi connectivity index (χ1) is 8.66. The molecular weight excluding hydrogens is 246 g/mol. The first kappa shape index (κ1) is 12.6. The molecule has 0 aliphatic heterocycles. The summed E-state index contributed by atoms with van der Waals surface area (Å²) in [6.45, 7) is 2.06. The van der Waals surface area contributed by atoms with E-state index in [0.29, 0.717) is 5.75 Å². The molecule has 0 aliphatic rings. The lowest BCUT2D eigenvalue weighted by atomic mass is 10.2. The molecule has 3 nitrogen and oxygen atoms in total. The van der Waals surface area contributed by atoms with Crippen LogP contribution in [0.15, 0.2) is 47.4 Å². The third kappa shape index (κ3) is 3.11. The number of hydrogen-bond acceptors (Lipinski definition) is 3. The summed E-state index contributed by atoms with van der Waals surface area (Å²) in [6, 6.07) is 13.2. The number of aryl methyl sites for hydroxylation is 1. The topological polar surface area (TPSA) is 50.2 Å². The fraction of sp³-hybridized carbons (Fsp3) is 0.143. The zero-order valence-corrected chi connectivity index (χ0v) is 10.8. The van der Waals surface area contributed by atoms with Gasteiger partial charge >= 0.3 is 5.97 Å². The molecule has 18 heavy (non-hydrogen) atoms. The van der Waals surface area contributed by atoms with Crippen LogP contribution in [0.2, 0.25) is 0 Å². The Bertz CT molecular complexity index is 569. The maximum atomic E-state index is 10.8. The van der Waals surface area contributed by atoms with Crippen LogP contribution < -0.4 is 0 Å². The van der Waals surface area contributed by atoms with Crippen molar-refractivity contribution in [2.24, 2.45) is 0 Å². The zero-order chi connectivity index (χ0) is 13.0. The van der Waals surface area contributed by atoms with Gasteiger partial charge in [-0.15, -0.1) is 11.8 Å². The minimum atomic E-state index is -0.988. The van der Waals surface area contributed by atoms with Gasteiger partial charge in [-0.05, 0) is 30.7 Å². The third-order valence-corrected chi connectivity index (χ3v) is 3.70. The lowest BCUT2D eigenvalue weighted by Crippen LogP contribution is -2.01. The lowest BCUT2D eigenvalue weighted by molar-refractivity contribution is 0.0690. The Labute approximate surface area is 110 Å². The third-order valence-electron chi connectivity index (χ3n) is 2.50. The van der Waals surface area contributed by atoms with Crippen molar-refractivity contribution in [1.82, 2.24) is 4.98 Å². The summed E-state index contributed by atoms with van der Waals surface area (Å²) in [4.78, 5) is 16.1. The fourth-order valence-corrected chi connectivity index (χ4v) is 2.48. The second-order valence-corrected chi connectivity index (χ2v) is 4.89. The second kappa shape index (κ2) is 5.69. The summed E-state index contributed by atoms with van der Waals surface area (Å²) < 4.78 is 0. The number of thioether (sulfide) groups is 1. The van der Waals surface area contributed by atoms with E-state index in [1.807, 2.05) is 18.2 Å². The molecule has 0 atom stereocenters. The van der Waals surface area contributed by atoms with E-state index < -0.39 is 5.97 Å². The van der Waals surface area contributed by atoms with E-state index in [4.69, 9.17) is 5.11 Å². The van der Waals surface area contributed by atoms with E-state index in [1.54, 1.807) is 17.8 Å². The Balaban J connectivity index is 2.09. The first-order valence-electron chi connectivity index (χ1n) is 5.54. The Morgan fingerprint density at radius 2 is 2.00 bits per heavy atom. The molecule has 0 saturated carbocycles.